The zero-order chi connectivity index (χ0) is 26.0. The predicted octanol–water partition coefficient (Wildman–Crippen LogP) is 0.988. The van der Waals surface area contributed by atoms with Crippen LogP contribution in [0.4, 0.5) is 5.13 Å². The Kier molecular flexibility index (Phi) is 8.37. The van der Waals surface area contributed by atoms with Crippen molar-refractivity contribution in [2.75, 3.05) is 30.1 Å². The lowest BCUT2D eigenvalue weighted by Crippen LogP contribution is -2.71. The number of hydrogen-bond acceptors (Lipinski definition) is 14. The molecule has 2 saturated heterocycles. The Morgan fingerprint density at radius 2 is 1.97 bits per heavy atom. The van der Waals surface area contributed by atoms with Gasteiger partial charge in [0.15, 0.2) is 10.8 Å². The summed E-state index contributed by atoms with van der Waals surface area (Å²) in [6.45, 7) is 2.64. The van der Waals surface area contributed by atoms with Gasteiger partial charge >= 0.3 is 11.9 Å². The average Bonchev–Trinajstić information content (AvgIpc) is 3.51. The van der Waals surface area contributed by atoms with Crippen LogP contribution in [0.25, 0.3) is 0 Å². The van der Waals surface area contributed by atoms with Crippen molar-refractivity contribution >= 4 is 81.2 Å². The van der Waals surface area contributed by atoms with Crippen LogP contribution in [0.2, 0.25) is 0 Å². The van der Waals surface area contributed by atoms with Crippen molar-refractivity contribution in [3.8, 4) is 0 Å². The first-order valence-electron chi connectivity index (χ1n) is 10.6. The summed E-state index contributed by atoms with van der Waals surface area (Å²) in [5.41, 5.74) is 6.68. The summed E-state index contributed by atoms with van der Waals surface area (Å²) >= 11 is 5.97. The Balaban J connectivity index is 1.55. The van der Waals surface area contributed by atoms with E-state index in [1.54, 1.807) is 28.9 Å². The number of fused-ring (bicyclic) bond motifs is 1. The molecule has 4 heterocycles. The van der Waals surface area contributed by atoms with Gasteiger partial charge in [-0.1, -0.05) is 5.16 Å². The van der Waals surface area contributed by atoms with Crippen LogP contribution in [0.5, 0.6) is 0 Å². The number of nitrogens with one attached hydrogen (secondary N) is 1. The number of nitrogen functional groups attached to an aromatic ring is 1. The fourth-order valence-corrected chi connectivity index (χ4v) is 8.84. The highest BCUT2D eigenvalue weighted by atomic mass is 32.2. The van der Waals surface area contributed by atoms with Gasteiger partial charge in [0.05, 0.1) is 4.58 Å². The molecule has 0 spiro atoms. The van der Waals surface area contributed by atoms with E-state index in [4.69, 9.17) is 20.0 Å². The summed E-state index contributed by atoms with van der Waals surface area (Å²) in [7, 11) is 1.29. The first kappa shape index (κ1) is 26.6. The van der Waals surface area contributed by atoms with Crippen LogP contribution in [0, 0.1) is 0 Å². The molecule has 3 N–H and O–H groups in total. The third-order valence-corrected chi connectivity index (χ3v) is 10.3. The van der Waals surface area contributed by atoms with E-state index >= 15 is 0 Å². The minimum absolute atomic E-state index is 0.00188. The second-order valence-electron chi connectivity index (χ2n) is 7.58. The minimum atomic E-state index is -1.12. The highest BCUT2D eigenvalue weighted by molar-refractivity contribution is 8.20. The summed E-state index contributed by atoms with van der Waals surface area (Å²) in [6, 6.07) is -0.903. The average molecular weight is 574 g/mol. The molecular formula is C20H23N5O7S4. The van der Waals surface area contributed by atoms with E-state index < -0.39 is 41.5 Å². The number of thioether (sulfide) groups is 3. The number of carbonyl (C=O) groups excluding carboxylic acids is 4. The molecule has 36 heavy (non-hydrogen) atoms. The number of esters is 2. The first-order valence-corrected chi connectivity index (χ1v) is 14.7. The SMILES string of the molecule is CO/N=C(\C(=O)N[C@@H]1C(=O)N2C(C(=O)OC(C)OC(C)=O)=C(C3SCCS3)CS[C@H]12)c1csc(N)n1. The Bertz CT molecular complexity index is 1130. The van der Waals surface area contributed by atoms with Crippen molar-refractivity contribution in [3.05, 3.63) is 22.3 Å². The van der Waals surface area contributed by atoms with Crippen molar-refractivity contribution < 1.29 is 33.5 Å². The Morgan fingerprint density at radius 3 is 2.58 bits per heavy atom. The van der Waals surface area contributed by atoms with Crippen LogP contribution >= 0.6 is 46.6 Å². The lowest BCUT2D eigenvalue weighted by molar-refractivity contribution is -0.182. The van der Waals surface area contributed by atoms with E-state index in [0.717, 1.165) is 28.4 Å². The number of aromatic nitrogens is 1. The number of nitrogens with zero attached hydrogens (tertiary/aromatic N) is 3. The van der Waals surface area contributed by atoms with Gasteiger partial charge in [-0.25, -0.2) is 9.78 Å². The van der Waals surface area contributed by atoms with E-state index in [9.17, 15) is 19.2 Å². The molecule has 0 saturated carbocycles. The van der Waals surface area contributed by atoms with Crippen LogP contribution in [0.15, 0.2) is 21.8 Å². The van der Waals surface area contributed by atoms with Crippen LogP contribution in [-0.4, -0.2) is 86.0 Å². The molecule has 2 fully saturated rings. The number of anilines is 1. The molecule has 194 valence electrons. The van der Waals surface area contributed by atoms with Crippen molar-refractivity contribution in [1.82, 2.24) is 15.2 Å². The molecule has 3 aliphatic heterocycles. The Morgan fingerprint density at radius 1 is 1.25 bits per heavy atom. The fraction of sp³-hybridized carbons (Fsp3) is 0.500. The van der Waals surface area contributed by atoms with Gasteiger partial charge in [0, 0.05) is 36.5 Å². The van der Waals surface area contributed by atoms with Crippen molar-refractivity contribution in [3.63, 3.8) is 0 Å². The fourth-order valence-electron chi connectivity index (χ4n) is 3.74. The molecule has 2 amide bonds. The first-order chi connectivity index (χ1) is 17.2. The van der Waals surface area contributed by atoms with E-state index in [2.05, 4.69) is 15.5 Å². The molecule has 1 aromatic rings. The molecule has 0 aliphatic carbocycles. The molecular weight excluding hydrogens is 551 g/mol. The Labute approximate surface area is 223 Å². The quantitative estimate of drug-likeness (QED) is 0.149. The second-order valence-corrected chi connectivity index (χ2v) is 12.3. The zero-order valence-electron chi connectivity index (χ0n) is 19.4. The molecule has 3 aliphatic rings. The molecule has 0 bridgehead atoms. The minimum Gasteiger partial charge on any atom is -0.426 e. The maximum atomic E-state index is 13.2. The summed E-state index contributed by atoms with van der Waals surface area (Å²) in [5, 5.41) is 7.70. The Hall–Kier alpha value is -2.43. The van der Waals surface area contributed by atoms with Crippen LogP contribution in [0.1, 0.15) is 19.5 Å². The molecule has 0 radical (unpaired) electrons. The summed E-state index contributed by atoms with van der Waals surface area (Å²) in [4.78, 5) is 60.8. The highest BCUT2D eigenvalue weighted by Crippen LogP contribution is 2.47. The number of thiazole rings is 1. The highest BCUT2D eigenvalue weighted by Gasteiger charge is 2.55. The van der Waals surface area contributed by atoms with Gasteiger partial charge in [-0.15, -0.1) is 46.6 Å². The molecule has 1 unspecified atom stereocenters. The number of oxime groups is 1. The lowest BCUT2D eigenvalue weighted by Gasteiger charge is -2.50. The van der Waals surface area contributed by atoms with Crippen LogP contribution < -0.4 is 11.1 Å². The number of carbonyl (C=O) groups is 4. The summed E-state index contributed by atoms with van der Waals surface area (Å²) in [6.07, 6.45) is -1.12. The number of β-lactam (4-membered cyclic amide) rings is 1. The van der Waals surface area contributed by atoms with Gasteiger partial charge in [0.1, 0.15) is 29.9 Å². The molecule has 1 aromatic heterocycles. The number of ether oxygens (including phenoxy) is 2. The number of hydrogen-bond donors (Lipinski definition) is 2. The van der Waals surface area contributed by atoms with Gasteiger partial charge in [-0.3, -0.25) is 19.3 Å². The zero-order valence-corrected chi connectivity index (χ0v) is 22.7. The summed E-state index contributed by atoms with van der Waals surface area (Å²) < 4.78 is 10.3. The third-order valence-electron chi connectivity index (χ3n) is 5.15. The predicted molar refractivity (Wildman–Crippen MR) is 138 cm³/mol. The topological polar surface area (TPSA) is 163 Å². The van der Waals surface area contributed by atoms with E-state index in [1.165, 1.54) is 37.6 Å². The van der Waals surface area contributed by atoms with Crippen LogP contribution in [-0.2, 0) is 33.5 Å². The smallest absolute Gasteiger partial charge is 0.358 e. The van der Waals surface area contributed by atoms with Crippen LogP contribution in [0.3, 0.4) is 0 Å². The monoisotopic (exact) mass is 573 g/mol. The molecule has 12 nitrogen and oxygen atoms in total. The maximum Gasteiger partial charge on any atom is 0.358 e. The molecule has 4 rings (SSSR count). The maximum absolute atomic E-state index is 13.2. The standard InChI is InChI=1S/C20H23N5O7S4/c1-8(26)31-9(2)32-18(29)14-10(19-33-4-5-34-19)6-35-17-13(16(28)25(14)17)23-15(27)12(24-30-3)11-7-36-20(21)22-11/h7,9,13,17,19H,4-6H2,1-3H3,(H2,21,22)(H,23,27)/b24-12-/t9?,13-,17-/m1/s1. The lowest BCUT2D eigenvalue weighted by atomic mass is 10.0. The number of amides is 2. The second kappa shape index (κ2) is 11.3. The molecule has 3 atom stereocenters. The van der Waals surface area contributed by atoms with Crippen molar-refractivity contribution in [1.29, 1.82) is 0 Å². The van der Waals surface area contributed by atoms with Gasteiger partial charge in [0.25, 0.3) is 11.8 Å². The molecule has 16 heteroatoms. The summed E-state index contributed by atoms with van der Waals surface area (Å²) in [5.74, 6) is -0.156. The number of rotatable bonds is 8. The number of nitrogens with two attached hydrogens (primary N) is 1. The van der Waals surface area contributed by atoms with E-state index in [1.807, 2.05) is 0 Å². The van der Waals surface area contributed by atoms with E-state index in [-0.39, 0.29) is 26.8 Å². The molecule has 0 aromatic carbocycles. The van der Waals surface area contributed by atoms with Crippen molar-refractivity contribution in [2.45, 2.75) is 36.1 Å². The largest absolute Gasteiger partial charge is 0.426 e. The van der Waals surface area contributed by atoms with Gasteiger partial charge in [0.2, 0.25) is 6.29 Å². The van der Waals surface area contributed by atoms with E-state index in [0.29, 0.717) is 5.75 Å². The van der Waals surface area contributed by atoms with Gasteiger partial charge < -0.3 is 25.4 Å². The third kappa shape index (κ3) is 5.45. The van der Waals surface area contributed by atoms with Gasteiger partial charge in [-0.2, -0.15) is 0 Å². The normalized spacial score (nSPS) is 23.0. The van der Waals surface area contributed by atoms with Crippen molar-refractivity contribution in [2.24, 2.45) is 5.16 Å². The van der Waals surface area contributed by atoms with Gasteiger partial charge in [-0.05, 0) is 5.57 Å².